The van der Waals surface area contributed by atoms with E-state index in [1.54, 1.807) is 26.8 Å². The summed E-state index contributed by atoms with van der Waals surface area (Å²) in [4.78, 5) is 83.8. The minimum Gasteiger partial charge on any atom is -0.461 e. The smallest absolute Gasteiger partial charge is 0.339 e. The summed E-state index contributed by atoms with van der Waals surface area (Å²) < 4.78 is 37.0. The van der Waals surface area contributed by atoms with Gasteiger partial charge in [0.05, 0.1) is 23.5 Å². The van der Waals surface area contributed by atoms with Crippen LogP contribution in [0.15, 0.2) is 24.5 Å². The maximum atomic E-state index is 14.8. The Morgan fingerprint density at radius 1 is 0.917 bits per heavy atom. The molecule has 2 heterocycles. The SMILES string of the molecule is CC(=O)O[C@@H]1[C@H]2[C@@H](OC(=O)c3cccnc3)[C@@H](C)C[C@]2(OC(C)=O)[C@@H](OC(C)=O)[C@]2(C)OC[C@]13C(=O)[C@@H](O)[C@@H]1C[C@](C)(OC(C)=O)[C@@H]1[C@@H]23. The second kappa shape index (κ2) is 11.3. The van der Waals surface area contributed by atoms with Gasteiger partial charge in [0.25, 0.3) is 0 Å². The Balaban J connectivity index is 1.64. The van der Waals surface area contributed by atoms with Gasteiger partial charge in [0.15, 0.2) is 17.5 Å². The van der Waals surface area contributed by atoms with Gasteiger partial charge in [-0.3, -0.25) is 29.0 Å². The van der Waals surface area contributed by atoms with Crippen LogP contribution >= 0.6 is 0 Å². The molecule has 0 radical (unpaired) electrons. The number of aliphatic hydroxyl groups excluding tert-OH is 1. The molecule has 0 unspecified atom stereocenters. The van der Waals surface area contributed by atoms with Crippen LogP contribution in [0.3, 0.4) is 0 Å². The van der Waals surface area contributed by atoms with Crippen LogP contribution in [0, 0.1) is 35.0 Å². The number of ketones is 1. The number of nitrogens with zero attached hydrogens (tertiary/aromatic N) is 1. The highest BCUT2D eigenvalue weighted by atomic mass is 16.6. The number of hydrogen-bond acceptors (Lipinski definition) is 14. The number of rotatable bonds is 6. The van der Waals surface area contributed by atoms with Gasteiger partial charge in [-0.2, -0.15) is 0 Å². The number of hydrogen-bond donors (Lipinski definition) is 1. The fraction of sp³-hybridized carbons (Fsp3) is 0.676. The van der Waals surface area contributed by atoms with Crippen LogP contribution in [0.5, 0.6) is 0 Å². The Hall–Kier alpha value is -3.91. The van der Waals surface area contributed by atoms with Crippen molar-refractivity contribution in [2.45, 2.75) is 103 Å². The number of aliphatic hydroxyl groups is 1. The Labute approximate surface area is 277 Å². The lowest BCUT2D eigenvalue weighted by Gasteiger charge is -2.64. The van der Waals surface area contributed by atoms with Gasteiger partial charge in [-0.1, -0.05) is 6.92 Å². The maximum absolute atomic E-state index is 14.8. The molecule has 13 atom stereocenters. The van der Waals surface area contributed by atoms with Crippen LogP contribution < -0.4 is 0 Å². The first-order valence-corrected chi connectivity index (χ1v) is 16.1. The lowest BCUT2D eigenvalue weighted by molar-refractivity contribution is -0.259. The molecule has 4 aliphatic carbocycles. The van der Waals surface area contributed by atoms with E-state index in [1.165, 1.54) is 39.2 Å². The van der Waals surface area contributed by atoms with Crippen molar-refractivity contribution in [2.24, 2.45) is 35.0 Å². The minimum absolute atomic E-state index is 0.0499. The second-order valence-corrected chi connectivity index (χ2v) is 14.5. The Kier molecular flexibility index (Phi) is 8.02. The van der Waals surface area contributed by atoms with Gasteiger partial charge in [0.1, 0.15) is 29.5 Å². The standard InChI is InChI=1S/C34H41NO13/c1-15-11-34(48-19(5)39)23(25(15)46-29(42)20-9-8-10-35-13-20)28(44-16(2)36)33-14-43-32(7,30(34)45-17(3)37)26(33)22-21(24(40)27(33)41)12-31(22,6)47-18(4)38/h8-10,13,15,21-26,28,30,40H,11-12,14H2,1-7H3/t15-,21+,22-,23+,24-,25-,26-,28+,30-,31-,32+,33-,34+/m0/s1. The maximum Gasteiger partial charge on any atom is 0.339 e. The van der Waals surface area contributed by atoms with Crippen molar-refractivity contribution in [3.63, 3.8) is 0 Å². The molecule has 260 valence electrons. The summed E-state index contributed by atoms with van der Waals surface area (Å²) in [7, 11) is 0. The molecule has 1 aromatic rings. The summed E-state index contributed by atoms with van der Waals surface area (Å²) in [6.07, 6.45) is -2.78. The lowest BCUT2D eigenvalue weighted by Crippen LogP contribution is -2.74. The Bertz CT molecular complexity index is 1560. The molecule has 1 aliphatic heterocycles. The third-order valence-corrected chi connectivity index (χ3v) is 11.4. The zero-order valence-corrected chi connectivity index (χ0v) is 27.9. The number of aromatic nitrogens is 1. The van der Waals surface area contributed by atoms with Gasteiger partial charge in [-0.25, -0.2) is 4.79 Å². The Morgan fingerprint density at radius 3 is 2.17 bits per heavy atom. The third-order valence-electron chi connectivity index (χ3n) is 11.4. The average molecular weight is 672 g/mol. The highest BCUT2D eigenvalue weighted by molar-refractivity contribution is 5.93. The average Bonchev–Trinajstić information content (AvgIpc) is 3.42. The molecule has 1 N–H and O–H groups in total. The van der Waals surface area contributed by atoms with Crippen molar-refractivity contribution in [3.05, 3.63) is 30.1 Å². The highest BCUT2D eigenvalue weighted by Crippen LogP contribution is 2.72. The molecule has 4 saturated carbocycles. The molecule has 14 heteroatoms. The summed E-state index contributed by atoms with van der Waals surface area (Å²) in [6.45, 7) is 9.45. The Morgan fingerprint density at radius 2 is 1.58 bits per heavy atom. The van der Waals surface area contributed by atoms with Gasteiger partial charge in [0.2, 0.25) is 0 Å². The summed E-state index contributed by atoms with van der Waals surface area (Å²) in [5.74, 6) is -8.68. The fourth-order valence-electron chi connectivity index (χ4n) is 10.3. The van der Waals surface area contributed by atoms with Gasteiger partial charge < -0.3 is 33.5 Å². The van der Waals surface area contributed by atoms with E-state index in [4.69, 9.17) is 28.4 Å². The van der Waals surface area contributed by atoms with Crippen molar-refractivity contribution < 1.29 is 62.3 Å². The number of carbonyl (C=O) groups is 6. The van der Waals surface area contributed by atoms with E-state index in [1.807, 2.05) is 0 Å². The van der Waals surface area contributed by atoms with Crippen molar-refractivity contribution in [3.8, 4) is 0 Å². The van der Waals surface area contributed by atoms with Crippen molar-refractivity contribution >= 4 is 35.6 Å². The lowest BCUT2D eigenvalue weighted by atomic mass is 9.42. The monoisotopic (exact) mass is 671 g/mol. The second-order valence-electron chi connectivity index (χ2n) is 14.5. The molecule has 5 fully saturated rings. The van der Waals surface area contributed by atoms with Gasteiger partial charge in [0, 0.05) is 57.8 Å². The predicted molar refractivity (Wildman–Crippen MR) is 159 cm³/mol. The van der Waals surface area contributed by atoms with E-state index in [9.17, 15) is 33.9 Å². The molecule has 0 spiro atoms. The molecule has 6 rings (SSSR count). The molecule has 2 bridgehead atoms. The van der Waals surface area contributed by atoms with Crippen LogP contribution in [-0.2, 0) is 52.4 Å². The number of pyridine rings is 1. The van der Waals surface area contributed by atoms with Crippen LogP contribution in [0.2, 0.25) is 0 Å². The van der Waals surface area contributed by atoms with Crippen LogP contribution in [0.25, 0.3) is 0 Å². The van der Waals surface area contributed by atoms with Crippen molar-refractivity contribution in [1.29, 1.82) is 0 Å². The molecular formula is C34H41NO13. The molecule has 0 aromatic carbocycles. The van der Waals surface area contributed by atoms with E-state index in [0.29, 0.717) is 0 Å². The number of Topliss-reactive ketones (excluding diaryl/α,β-unsaturated/α-hetero) is 1. The number of ether oxygens (including phenoxy) is 6. The molecule has 14 nitrogen and oxygen atoms in total. The van der Waals surface area contributed by atoms with Gasteiger partial charge in [-0.05, 0) is 44.7 Å². The first-order chi connectivity index (χ1) is 22.4. The first-order valence-electron chi connectivity index (χ1n) is 16.1. The topological polar surface area (TPSA) is 191 Å². The first kappa shape index (κ1) is 34.0. The van der Waals surface area contributed by atoms with Crippen molar-refractivity contribution in [1.82, 2.24) is 4.98 Å². The third kappa shape index (κ3) is 4.69. The zero-order valence-electron chi connectivity index (χ0n) is 27.9. The molecule has 1 saturated heterocycles. The van der Waals surface area contributed by atoms with E-state index in [-0.39, 0.29) is 25.0 Å². The van der Waals surface area contributed by atoms with Gasteiger partial charge in [-0.15, -0.1) is 0 Å². The normalized spacial score (nSPS) is 43.7. The van der Waals surface area contributed by atoms with Crippen LogP contribution in [0.1, 0.15) is 71.7 Å². The molecule has 48 heavy (non-hydrogen) atoms. The molecule has 1 aromatic heterocycles. The summed E-state index contributed by atoms with van der Waals surface area (Å²) in [5, 5.41) is 11.6. The predicted octanol–water partition coefficient (Wildman–Crippen LogP) is 1.73. The number of esters is 5. The molecular weight excluding hydrogens is 630 g/mol. The largest absolute Gasteiger partial charge is 0.461 e. The van der Waals surface area contributed by atoms with E-state index in [2.05, 4.69) is 4.98 Å². The minimum atomic E-state index is -1.86. The van der Waals surface area contributed by atoms with E-state index >= 15 is 0 Å². The quantitative estimate of drug-likeness (QED) is 0.340. The van der Waals surface area contributed by atoms with Gasteiger partial charge >= 0.3 is 29.8 Å². The number of fused-ring (bicyclic) bond motifs is 2. The van der Waals surface area contributed by atoms with Crippen molar-refractivity contribution in [2.75, 3.05) is 6.61 Å². The van der Waals surface area contributed by atoms with E-state index in [0.717, 1.165) is 6.92 Å². The van der Waals surface area contributed by atoms with E-state index < -0.39 is 112 Å². The van der Waals surface area contributed by atoms with Crippen LogP contribution in [0.4, 0.5) is 0 Å². The summed E-state index contributed by atoms with van der Waals surface area (Å²) in [6, 6.07) is 3.06. The molecule has 5 aliphatic rings. The highest BCUT2D eigenvalue weighted by Gasteiger charge is 2.86. The van der Waals surface area contributed by atoms with Crippen LogP contribution in [-0.4, -0.2) is 93.5 Å². The number of carbonyl (C=O) groups excluding carboxylic acids is 6. The fourth-order valence-corrected chi connectivity index (χ4v) is 10.3. The summed E-state index contributed by atoms with van der Waals surface area (Å²) >= 11 is 0. The zero-order chi connectivity index (χ0) is 35.1. The summed E-state index contributed by atoms with van der Waals surface area (Å²) in [5.41, 5.74) is -6.40. The molecule has 0 amide bonds.